The van der Waals surface area contributed by atoms with Crippen LogP contribution < -0.4 is 5.73 Å². The van der Waals surface area contributed by atoms with Crippen molar-refractivity contribution in [2.75, 3.05) is 0 Å². The van der Waals surface area contributed by atoms with Gasteiger partial charge in [-0.3, -0.25) is 0 Å². The predicted molar refractivity (Wildman–Crippen MR) is 81.8 cm³/mol. The molecule has 0 amide bonds. The Hall–Kier alpha value is -2.26. The Morgan fingerprint density at radius 1 is 1.05 bits per heavy atom. The molecule has 3 nitrogen and oxygen atoms in total. The third kappa shape index (κ3) is 2.06. The molecular formula is C17H18N2O. The largest absolute Gasteiger partial charge is 0.508 e. The van der Waals surface area contributed by atoms with E-state index in [2.05, 4.69) is 17.1 Å². The minimum absolute atomic E-state index is 0.329. The first kappa shape index (κ1) is 12.8. The van der Waals surface area contributed by atoms with Crippen molar-refractivity contribution in [2.45, 2.75) is 19.9 Å². The number of aryl methyl sites for hydroxylation is 1. The number of aromatic nitrogens is 1. The van der Waals surface area contributed by atoms with Gasteiger partial charge in [0.2, 0.25) is 0 Å². The van der Waals surface area contributed by atoms with Crippen molar-refractivity contribution in [3.05, 3.63) is 64.8 Å². The molecule has 0 aliphatic carbocycles. The molecule has 0 spiro atoms. The molecule has 0 saturated heterocycles. The maximum atomic E-state index is 10.2. The van der Waals surface area contributed by atoms with Gasteiger partial charge in [0, 0.05) is 35.1 Å². The Labute approximate surface area is 118 Å². The van der Waals surface area contributed by atoms with Crippen LogP contribution in [0.5, 0.6) is 5.75 Å². The number of fused-ring (bicyclic) bond motifs is 1. The molecule has 1 aromatic heterocycles. The zero-order chi connectivity index (χ0) is 14.1. The summed E-state index contributed by atoms with van der Waals surface area (Å²) in [6.07, 6.45) is 0.703. The summed E-state index contributed by atoms with van der Waals surface area (Å²) >= 11 is 0. The van der Waals surface area contributed by atoms with E-state index in [0.29, 0.717) is 18.7 Å². The van der Waals surface area contributed by atoms with Gasteiger partial charge >= 0.3 is 0 Å². The number of hydrogen-bond donors (Lipinski definition) is 3. The van der Waals surface area contributed by atoms with Gasteiger partial charge in [0.05, 0.1) is 0 Å². The molecule has 3 aromatic rings. The summed E-state index contributed by atoms with van der Waals surface area (Å²) in [5.74, 6) is 0.329. The average molecular weight is 266 g/mol. The van der Waals surface area contributed by atoms with Gasteiger partial charge in [-0.05, 0) is 30.2 Å². The Kier molecular flexibility index (Phi) is 3.20. The zero-order valence-corrected chi connectivity index (χ0v) is 11.5. The summed E-state index contributed by atoms with van der Waals surface area (Å²) in [5.41, 5.74) is 11.2. The van der Waals surface area contributed by atoms with Gasteiger partial charge in [-0.25, -0.2) is 0 Å². The lowest BCUT2D eigenvalue weighted by atomic mass is 9.97. The maximum absolute atomic E-state index is 10.2. The Balaban J connectivity index is 2.20. The van der Waals surface area contributed by atoms with Gasteiger partial charge in [-0.15, -0.1) is 0 Å². The second-order valence-electron chi connectivity index (χ2n) is 5.08. The number of hydrogen-bond acceptors (Lipinski definition) is 2. The molecule has 1 heterocycles. The molecule has 3 rings (SSSR count). The van der Waals surface area contributed by atoms with Crippen molar-refractivity contribution in [1.82, 2.24) is 4.98 Å². The molecule has 2 aromatic carbocycles. The van der Waals surface area contributed by atoms with Crippen molar-refractivity contribution in [2.24, 2.45) is 5.73 Å². The predicted octanol–water partition coefficient (Wildman–Crippen LogP) is 3.23. The maximum Gasteiger partial charge on any atom is 0.119 e. The van der Waals surface area contributed by atoms with Crippen LogP contribution in [-0.2, 0) is 13.0 Å². The molecule has 0 bridgehead atoms. The fraction of sp³-hybridized carbons (Fsp3) is 0.176. The lowest BCUT2D eigenvalue weighted by Crippen LogP contribution is -1.99. The number of nitrogens with two attached hydrogens (primary N) is 1. The first-order valence-electron chi connectivity index (χ1n) is 6.76. The van der Waals surface area contributed by atoms with E-state index in [9.17, 15) is 5.11 Å². The van der Waals surface area contributed by atoms with Gasteiger partial charge in [0.1, 0.15) is 5.75 Å². The summed E-state index contributed by atoms with van der Waals surface area (Å²) in [5, 5.41) is 11.3. The first-order chi connectivity index (χ1) is 9.70. The van der Waals surface area contributed by atoms with Crippen LogP contribution in [0.25, 0.3) is 10.9 Å². The molecule has 102 valence electrons. The standard InChI is InChI=1S/C17H18N2O/c1-11-14(10-18)17-13(9-12-5-3-2-4-6-12)16(20)8-7-15(17)19-11/h2-8,19-20H,9-10,18H2,1H3. The molecule has 0 saturated carbocycles. The Morgan fingerprint density at radius 3 is 2.50 bits per heavy atom. The number of rotatable bonds is 3. The summed E-state index contributed by atoms with van der Waals surface area (Å²) in [6.45, 7) is 2.49. The molecule has 4 N–H and O–H groups in total. The molecular weight excluding hydrogens is 248 g/mol. The quantitative estimate of drug-likeness (QED) is 0.681. The number of nitrogens with one attached hydrogen (secondary N) is 1. The fourth-order valence-electron chi connectivity index (χ4n) is 2.78. The summed E-state index contributed by atoms with van der Waals surface area (Å²) in [4.78, 5) is 3.34. The number of aromatic hydroxyl groups is 1. The highest BCUT2D eigenvalue weighted by atomic mass is 16.3. The van der Waals surface area contributed by atoms with Crippen LogP contribution >= 0.6 is 0 Å². The Bertz CT molecular complexity index is 745. The minimum Gasteiger partial charge on any atom is -0.508 e. The van der Waals surface area contributed by atoms with E-state index in [1.165, 1.54) is 5.56 Å². The highest BCUT2D eigenvalue weighted by Gasteiger charge is 2.14. The van der Waals surface area contributed by atoms with Gasteiger partial charge in [-0.2, -0.15) is 0 Å². The van der Waals surface area contributed by atoms with E-state index in [1.54, 1.807) is 6.07 Å². The summed E-state index contributed by atoms with van der Waals surface area (Å²) in [7, 11) is 0. The van der Waals surface area contributed by atoms with Crippen LogP contribution in [0.2, 0.25) is 0 Å². The molecule has 0 aliphatic heterocycles. The van der Waals surface area contributed by atoms with E-state index < -0.39 is 0 Å². The average Bonchev–Trinajstić information content (AvgIpc) is 2.79. The van der Waals surface area contributed by atoms with Crippen LogP contribution in [0, 0.1) is 6.92 Å². The highest BCUT2D eigenvalue weighted by Crippen LogP contribution is 2.33. The summed E-state index contributed by atoms with van der Waals surface area (Å²) < 4.78 is 0. The van der Waals surface area contributed by atoms with Crippen LogP contribution in [0.4, 0.5) is 0 Å². The number of H-pyrrole nitrogens is 1. The van der Waals surface area contributed by atoms with E-state index in [0.717, 1.165) is 27.7 Å². The fourth-order valence-corrected chi connectivity index (χ4v) is 2.78. The van der Waals surface area contributed by atoms with Gasteiger partial charge in [0.15, 0.2) is 0 Å². The van der Waals surface area contributed by atoms with E-state index in [1.807, 2.05) is 31.2 Å². The van der Waals surface area contributed by atoms with E-state index in [-0.39, 0.29) is 0 Å². The van der Waals surface area contributed by atoms with Crippen molar-refractivity contribution >= 4 is 10.9 Å². The van der Waals surface area contributed by atoms with Crippen molar-refractivity contribution in [3.63, 3.8) is 0 Å². The third-order valence-electron chi connectivity index (χ3n) is 3.79. The van der Waals surface area contributed by atoms with Gasteiger partial charge < -0.3 is 15.8 Å². The lowest BCUT2D eigenvalue weighted by molar-refractivity contribution is 0.470. The molecule has 0 atom stereocenters. The van der Waals surface area contributed by atoms with Crippen molar-refractivity contribution in [3.8, 4) is 5.75 Å². The number of benzene rings is 2. The van der Waals surface area contributed by atoms with Crippen LogP contribution in [0.15, 0.2) is 42.5 Å². The van der Waals surface area contributed by atoms with E-state index >= 15 is 0 Å². The first-order valence-corrected chi connectivity index (χ1v) is 6.76. The normalized spacial score (nSPS) is 11.1. The topological polar surface area (TPSA) is 62.0 Å². The second kappa shape index (κ2) is 5.02. The SMILES string of the molecule is Cc1[nH]c2ccc(O)c(Cc3ccccc3)c2c1CN. The molecule has 3 heteroatoms. The second-order valence-corrected chi connectivity index (χ2v) is 5.08. The van der Waals surface area contributed by atoms with Crippen molar-refractivity contribution < 1.29 is 5.11 Å². The minimum atomic E-state index is 0.329. The summed E-state index contributed by atoms with van der Waals surface area (Å²) in [6, 6.07) is 13.8. The highest BCUT2D eigenvalue weighted by molar-refractivity contribution is 5.90. The number of phenolic OH excluding ortho intramolecular Hbond substituents is 1. The van der Waals surface area contributed by atoms with Crippen LogP contribution in [0.1, 0.15) is 22.4 Å². The van der Waals surface area contributed by atoms with Crippen LogP contribution in [0.3, 0.4) is 0 Å². The molecule has 0 radical (unpaired) electrons. The van der Waals surface area contributed by atoms with Gasteiger partial charge in [0.25, 0.3) is 0 Å². The lowest BCUT2D eigenvalue weighted by Gasteiger charge is -2.09. The van der Waals surface area contributed by atoms with Crippen molar-refractivity contribution in [1.29, 1.82) is 0 Å². The monoisotopic (exact) mass is 266 g/mol. The number of aromatic amines is 1. The van der Waals surface area contributed by atoms with E-state index in [4.69, 9.17) is 5.73 Å². The molecule has 0 fully saturated rings. The number of phenols is 1. The van der Waals surface area contributed by atoms with Crippen LogP contribution in [-0.4, -0.2) is 10.1 Å². The molecule has 0 unspecified atom stereocenters. The van der Waals surface area contributed by atoms with Gasteiger partial charge in [-0.1, -0.05) is 30.3 Å². The smallest absolute Gasteiger partial charge is 0.119 e. The Morgan fingerprint density at radius 2 is 1.80 bits per heavy atom. The zero-order valence-electron chi connectivity index (χ0n) is 11.5. The molecule has 20 heavy (non-hydrogen) atoms. The molecule has 0 aliphatic rings. The third-order valence-corrected chi connectivity index (χ3v) is 3.79.